The summed E-state index contributed by atoms with van der Waals surface area (Å²) >= 11 is 0. The third-order valence-electron chi connectivity index (χ3n) is 5.08. The summed E-state index contributed by atoms with van der Waals surface area (Å²) in [7, 11) is -4.18. The molecule has 168 valence electrons. The molecule has 6 nitrogen and oxygen atoms in total. The molecule has 1 aromatic heterocycles. The van der Waals surface area contributed by atoms with Gasteiger partial charge in [0.05, 0.1) is 0 Å². The average molecular weight is 443 g/mol. The molecule has 0 atom stereocenters. The van der Waals surface area contributed by atoms with Gasteiger partial charge in [0.1, 0.15) is 0 Å². The number of hydrogen-bond acceptors (Lipinski definition) is 6. The van der Waals surface area contributed by atoms with Gasteiger partial charge in [0.25, 0.3) is 0 Å². The van der Waals surface area contributed by atoms with E-state index < -0.39 is 17.1 Å². The molecule has 8 heteroatoms. The fourth-order valence-corrected chi connectivity index (χ4v) is 8.64. The Morgan fingerprint density at radius 1 is 0.793 bits per heavy atom. The number of pyridine rings is 1. The molecule has 1 aromatic rings. The molecular weight excluding hydrogens is 400 g/mol. The summed E-state index contributed by atoms with van der Waals surface area (Å²) in [6.45, 7) is 15.2. The van der Waals surface area contributed by atoms with Crippen molar-refractivity contribution >= 4 is 22.8 Å². The van der Waals surface area contributed by atoms with Crippen molar-refractivity contribution in [3.05, 3.63) is 23.5 Å². The molecule has 0 saturated heterocycles. The van der Waals surface area contributed by atoms with Gasteiger partial charge in [-0.2, -0.15) is 0 Å². The van der Waals surface area contributed by atoms with Gasteiger partial charge in [-0.05, 0) is 90.2 Å². The maximum absolute atomic E-state index is 6.31. The SMILES string of the molecule is CCO[Si](C)(CCCc1nccc(N)c1CCC[Si](C)(OCC)OCC)OCC. The lowest BCUT2D eigenvalue weighted by Gasteiger charge is -2.26. The Balaban J connectivity index is 2.71. The molecule has 0 aliphatic carbocycles. The molecule has 0 saturated carbocycles. The highest BCUT2D eigenvalue weighted by Gasteiger charge is 2.31. The van der Waals surface area contributed by atoms with Crippen molar-refractivity contribution in [2.24, 2.45) is 0 Å². The first-order valence-electron chi connectivity index (χ1n) is 11.1. The van der Waals surface area contributed by atoms with Gasteiger partial charge in [-0.3, -0.25) is 4.98 Å². The van der Waals surface area contributed by atoms with E-state index in [4.69, 9.17) is 23.4 Å². The molecule has 29 heavy (non-hydrogen) atoms. The number of nitrogens with two attached hydrogens (primary N) is 1. The normalized spacial score (nSPS) is 12.5. The van der Waals surface area contributed by atoms with Gasteiger partial charge in [0.2, 0.25) is 0 Å². The molecule has 0 aliphatic heterocycles. The lowest BCUT2D eigenvalue weighted by atomic mass is 10.0. The third kappa shape index (κ3) is 9.27. The standard InChI is InChI=1S/C21H42N2O4Si2/c1-7-24-28(5,25-8-2)17-11-13-19-20(22)15-16-23-21(19)14-12-18-29(6,26-9-3)27-10-4/h15-16H,7-14,17-18H2,1-6H3,(H2,22,23). The van der Waals surface area contributed by atoms with Crippen molar-refractivity contribution in [1.82, 2.24) is 4.98 Å². The van der Waals surface area contributed by atoms with E-state index in [1.165, 1.54) is 5.56 Å². The summed E-state index contributed by atoms with van der Waals surface area (Å²) in [6, 6.07) is 3.83. The predicted molar refractivity (Wildman–Crippen MR) is 125 cm³/mol. The Morgan fingerprint density at radius 3 is 1.69 bits per heavy atom. The molecule has 2 N–H and O–H groups in total. The Labute approximate surface area is 180 Å². The number of aromatic nitrogens is 1. The Kier molecular flexibility index (Phi) is 12.2. The fourth-order valence-electron chi connectivity index (χ4n) is 3.81. The van der Waals surface area contributed by atoms with Crippen molar-refractivity contribution in [3.8, 4) is 0 Å². The zero-order chi connectivity index (χ0) is 21.8. The fraction of sp³-hybridized carbons (Fsp3) is 0.762. The van der Waals surface area contributed by atoms with Crippen LogP contribution in [0.1, 0.15) is 51.8 Å². The number of anilines is 1. The largest absolute Gasteiger partial charge is 0.398 e. The van der Waals surface area contributed by atoms with E-state index in [0.29, 0.717) is 26.4 Å². The van der Waals surface area contributed by atoms with E-state index >= 15 is 0 Å². The first kappa shape index (κ1) is 26.3. The topological polar surface area (TPSA) is 75.8 Å². The summed E-state index contributed by atoms with van der Waals surface area (Å²) in [5, 5.41) is 0. The molecule has 0 radical (unpaired) electrons. The number of hydrogen-bond donors (Lipinski definition) is 1. The van der Waals surface area contributed by atoms with E-state index in [1.807, 2.05) is 40.0 Å². The highest BCUT2D eigenvalue weighted by Crippen LogP contribution is 2.24. The van der Waals surface area contributed by atoms with Crippen LogP contribution in [0.15, 0.2) is 12.3 Å². The Hall–Kier alpha value is -0.776. The summed E-state index contributed by atoms with van der Waals surface area (Å²) < 4.78 is 23.8. The highest BCUT2D eigenvalue weighted by molar-refractivity contribution is 6.66. The quantitative estimate of drug-likeness (QED) is 0.370. The van der Waals surface area contributed by atoms with Gasteiger partial charge in [0.15, 0.2) is 0 Å². The van der Waals surface area contributed by atoms with Crippen molar-refractivity contribution in [2.45, 2.75) is 78.6 Å². The molecule has 0 aliphatic rings. The monoisotopic (exact) mass is 442 g/mol. The number of nitrogen functional groups attached to an aromatic ring is 1. The number of rotatable bonds is 16. The minimum absolute atomic E-state index is 0.700. The molecule has 0 amide bonds. The van der Waals surface area contributed by atoms with E-state index in [0.717, 1.165) is 49.2 Å². The van der Waals surface area contributed by atoms with Crippen LogP contribution in [-0.2, 0) is 30.5 Å². The Morgan fingerprint density at radius 2 is 1.24 bits per heavy atom. The lowest BCUT2D eigenvalue weighted by molar-refractivity contribution is 0.187. The summed E-state index contributed by atoms with van der Waals surface area (Å²) in [6.07, 6.45) is 5.61. The van der Waals surface area contributed by atoms with Crippen LogP contribution in [0.4, 0.5) is 5.69 Å². The van der Waals surface area contributed by atoms with Crippen molar-refractivity contribution in [3.63, 3.8) is 0 Å². The predicted octanol–water partition coefficient (Wildman–Crippen LogP) is 4.82. The molecule has 0 fully saturated rings. The van der Waals surface area contributed by atoms with E-state index in [9.17, 15) is 0 Å². The van der Waals surface area contributed by atoms with Crippen molar-refractivity contribution in [2.75, 3.05) is 32.2 Å². The minimum Gasteiger partial charge on any atom is -0.398 e. The number of nitrogens with zero attached hydrogens (tertiary/aromatic N) is 1. The smallest absolute Gasteiger partial charge is 0.334 e. The molecular formula is C21H42N2O4Si2. The van der Waals surface area contributed by atoms with Gasteiger partial charge in [-0.25, -0.2) is 0 Å². The second-order valence-electron chi connectivity index (χ2n) is 7.53. The van der Waals surface area contributed by atoms with Crippen LogP contribution in [0.2, 0.25) is 25.2 Å². The second-order valence-corrected chi connectivity index (χ2v) is 14.2. The molecule has 0 unspecified atom stereocenters. The van der Waals surface area contributed by atoms with Gasteiger partial charge < -0.3 is 23.4 Å². The second kappa shape index (κ2) is 13.5. The van der Waals surface area contributed by atoms with Crippen LogP contribution < -0.4 is 5.73 Å². The summed E-state index contributed by atoms with van der Waals surface area (Å²) in [5.74, 6) is 0. The third-order valence-corrected chi connectivity index (χ3v) is 11.2. The van der Waals surface area contributed by atoms with Gasteiger partial charge in [-0.15, -0.1) is 0 Å². The molecule has 1 rings (SSSR count). The van der Waals surface area contributed by atoms with Crippen LogP contribution in [0.3, 0.4) is 0 Å². The average Bonchev–Trinajstić information content (AvgIpc) is 2.64. The van der Waals surface area contributed by atoms with Crippen LogP contribution in [0.25, 0.3) is 0 Å². The van der Waals surface area contributed by atoms with Crippen LogP contribution in [0.5, 0.6) is 0 Å². The zero-order valence-corrected chi connectivity index (χ0v) is 21.4. The summed E-state index contributed by atoms with van der Waals surface area (Å²) in [5.41, 5.74) is 9.42. The minimum atomic E-state index is -2.10. The van der Waals surface area contributed by atoms with Gasteiger partial charge in [0, 0.05) is 44.0 Å². The molecule has 0 bridgehead atoms. The number of aryl methyl sites for hydroxylation is 1. The van der Waals surface area contributed by atoms with Crippen LogP contribution in [0, 0.1) is 0 Å². The zero-order valence-electron chi connectivity index (χ0n) is 19.4. The Bertz CT molecular complexity index is 578. The maximum Gasteiger partial charge on any atom is 0.334 e. The maximum atomic E-state index is 6.31. The van der Waals surface area contributed by atoms with Crippen LogP contribution >= 0.6 is 0 Å². The lowest BCUT2D eigenvalue weighted by Crippen LogP contribution is -2.38. The van der Waals surface area contributed by atoms with Gasteiger partial charge >= 0.3 is 17.1 Å². The highest BCUT2D eigenvalue weighted by atomic mass is 28.4. The van der Waals surface area contributed by atoms with Crippen molar-refractivity contribution < 1.29 is 17.7 Å². The van der Waals surface area contributed by atoms with E-state index in [1.54, 1.807) is 0 Å². The molecule has 0 spiro atoms. The summed E-state index contributed by atoms with van der Waals surface area (Å²) in [4.78, 5) is 4.64. The molecule has 0 aromatic carbocycles. The van der Waals surface area contributed by atoms with E-state index in [-0.39, 0.29) is 0 Å². The van der Waals surface area contributed by atoms with E-state index in [2.05, 4.69) is 18.1 Å². The van der Waals surface area contributed by atoms with Gasteiger partial charge in [-0.1, -0.05) is 0 Å². The molecule has 1 heterocycles. The first-order valence-corrected chi connectivity index (χ1v) is 16.2. The van der Waals surface area contributed by atoms with Crippen molar-refractivity contribution in [1.29, 1.82) is 0 Å². The first-order chi connectivity index (χ1) is 13.8. The van der Waals surface area contributed by atoms with Crippen LogP contribution in [-0.4, -0.2) is 48.5 Å².